The fraction of sp³-hybridized carbons (Fsp3) is 0.211. The third-order valence-corrected chi connectivity index (χ3v) is 7.31. The lowest BCUT2D eigenvalue weighted by Gasteiger charge is -2.21. The summed E-state index contributed by atoms with van der Waals surface area (Å²) in [4.78, 5) is 0. The number of nitrogens with zero attached hydrogens (tertiary/aromatic N) is 2. The number of nitrogens with one attached hydrogen (secondary N) is 1. The van der Waals surface area contributed by atoms with Crippen LogP contribution >= 0.6 is 7.14 Å². The van der Waals surface area contributed by atoms with Gasteiger partial charge in [-0.25, -0.2) is 0 Å². The van der Waals surface area contributed by atoms with Crippen molar-refractivity contribution >= 4 is 28.9 Å². The van der Waals surface area contributed by atoms with Gasteiger partial charge in [-0.3, -0.25) is 4.68 Å². The Hall–Kier alpha value is -2.32. The predicted octanol–water partition coefficient (Wildman–Crippen LogP) is 2.80. The van der Waals surface area contributed by atoms with Gasteiger partial charge in [0.05, 0.1) is 11.0 Å². The Bertz CT molecular complexity index is 829. The summed E-state index contributed by atoms with van der Waals surface area (Å²) in [6.07, 6.45) is 0. The molecule has 0 fully saturated rings. The molecule has 0 aliphatic rings. The van der Waals surface area contributed by atoms with E-state index in [0.717, 1.165) is 34.0 Å². The molecular weight excluding hydrogens is 317 g/mol. The van der Waals surface area contributed by atoms with E-state index in [1.165, 1.54) is 0 Å². The number of aryl methyl sites for hydroxylation is 2. The second-order valence-corrected chi connectivity index (χ2v) is 8.42. The normalized spacial score (nSPS) is 11.5. The van der Waals surface area contributed by atoms with Crippen molar-refractivity contribution < 1.29 is 4.57 Å². The van der Waals surface area contributed by atoms with Gasteiger partial charge in [0.2, 0.25) is 0 Å². The highest BCUT2D eigenvalue weighted by Gasteiger charge is 2.36. The molecule has 0 aliphatic heterocycles. The first-order valence-electron chi connectivity index (χ1n) is 8.08. The van der Waals surface area contributed by atoms with Gasteiger partial charge in [0.1, 0.15) is 5.82 Å². The van der Waals surface area contributed by atoms with Crippen LogP contribution in [0.1, 0.15) is 12.6 Å². The van der Waals surface area contributed by atoms with Crippen LogP contribution in [0.4, 0.5) is 5.82 Å². The smallest absolute Gasteiger partial charge is 0.176 e. The van der Waals surface area contributed by atoms with E-state index in [9.17, 15) is 4.57 Å². The Balaban J connectivity index is 2.35. The van der Waals surface area contributed by atoms with Gasteiger partial charge in [0, 0.05) is 24.2 Å². The molecule has 0 saturated heterocycles. The molecule has 24 heavy (non-hydrogen) atoms. The van der Waals surface area contributed by atoms with Gasteiger partial charge in [-0.15, -0.1) is 0 Å². The van der Waals surface area contributed by atoms with Crippen LogP contribution in [0.2, 0.25) is 0 Å². The minimum Gasteiger partial charge on any atom is -0.370 e. The molecule has 0 radical (unpaired) electrons. The van der Waals surface area contributed by atoms with Gasteiger partial charge in [-0.05, 0) is 13.8 Å². The zero-order valence-electron chi connectivity index (χ0n) is 14.2. The van der Waals surface area contributed by atoms with Crippen molar-refractivity contribution in [1.82, 2.24) is 9.78 Å². The van der Waals surface area contributed by atoms with Gasteiger partial charge in [-0.1, -0.05) is 60.7 Å². The first-order valence-corrected chi connectivity index (χ1v) is 9.79. The summed E-state index contributed by atoms with van der Waals surface area (Å²) >= 11 is 0. The summed E-state index contributed by atoms with van der Waals surface area (Å²) in [5, 5.41) is 10.3. The summed E-state index contributed by atoms with van der Waals surface area (Å²) in [6.45, 7) is 4.70. The number of hydrogen-bond donors (Lipinski definition) is 1. The fourth-order valence-electron chi connectivity index (χ4n) is 3.07. The van der Waals surface area contributed by atoms with Crippen LogP contribution in [0.25, 0.3) is 0 Å². The molecular formula is C19H22N3OP. The SMILES string of the molecule is CCNc1c(P(=O)(c2ccccc2)c2ccccc2)c(C)nn1C. The maximum Gasteiger partial charge on any atom is 0.176 e. The quantitative estimate of drug-likeness (QED) is 0.727. The van der Waals surface area contributed by atoms with Crippen LogP contribution in [0.3, 0.4) is 0 Å². The highest BCUT2D eigenvalue weighted by atomic mass is 31.2. The molecule has 5 heteroatoms. The lowest BCUT2D eigenvalue weighted by atomic mass is 10.4. The van der Waals surface area contributed by atoms with Gasteiger partial charge in [0.25, 0.3) is 0 Å². The molecule has 1 aromatic heterocycles. The van der Waals surface area contributed by atoms with Crippen LogP contribution in [-0.2, 0) is 11.6 Å². The second kappa shape index (κ2) is 6.66. The molecule has 3 rings (SSSR count). The third-order valence-electron chi connectivity index (χ3n) is 4.09. The maximum atomic E-state index is 14.5. The molecule has 3 aromatic rings. The molecule has 0 bridgehead atoms. The summed E-state index contributed by atoms with van der Waals surface area (Å²) in [7, 11) is -1.12. The molecule has 0 spiro atoms. The molecule has 1 N–H and O–H groups in total. The van der Waals surface area contributed by atoms with E-state index in [1.807, 2.05) is 81.6 Å². The first-order chi connectivity index (χ1) is 11.6. The average Bonchev–Trinajstić information content (AvgIpc) is 2.90. The monoisotopic (exact) mass is 339 g/mol. The van der Waals surface area contributed by atoms with Crippen LogP contribution in [-0.4, -0.2) is 16.3 Å². The zero-order valence-corrected chi connectivity index (χ0v) is 15.1. The fourth-order valence-corrected chi connectivity index (χ4v) is 6.09. The number of anilines is 1. The van der Waals surface area contributed by atoms with Crippen molar-refractivity contribution in [3.8, 4) is 0 Å². The summed E-state index contributed by atoms with van der Waals surface area (Å²) in [6, 6.07) is 19.4. The van der Waals surface area contributed by atoms with Crippen molar-refractivity contribution in [3.63, 3.8) is 0 Å². The zero-order chi connectivity index (χ0) is 17.2. The first kappa shape index (κ1) is 16.5. The Morgan fingerprint density at radius 2 is 1.50 bits per heavy atom. The van der Waals surface area contributed by atoms with Crippen molar-refractivity contribution in [2.24, 2.45) is 7.05 Å². The molecule has 2 aromatic carbocycles. The van der Waals surface area contributed by atoms with E-state index in [1.54, 1.807) is 4.68 Å². The maximum absolute atomic E-state index is 14.5. The van der Waals surface area contributed by atoms with E-state index in [2.05, 4.69) is 10.4 Å². The van der Waals surface area contributed by atoms with E-state index < -0.39 is 7.14 Å². The molecule has 0 aliphatic carbocycles. The number of benzene rings is 2. The van der Waals surface area contributed by atoms with Crippen LogP contribution < -0.4 is 21.2 Å². The largest absolute Gasteiger partial charge is 0.370 e. The summed E-state index contributed by atoms with van der Waals surface area (Å²) < 4.78 is 16.2. The van der Waals surface area contributed by atoms with Gasteiger partial charge in [0.15, 0.2) is 7.14 Å². The topological polar surface area (TPSA) is 46.9 Å². The van der Waals surface area contributed by atoms with Crippen LogP contribution in [0, 0.1) is 6.92 Å². The molecule has 0 saturated carbocycles. The number of aromatic nitrogens is 2. The van der Waals surface area contributed by atoms with E-state index in [4.69, 9.17) is 0 Å². The highest BCUT2D eigenvalue weighted by Crippen LogP contribution is 2.45. The highest BCUT2D eigenvalue weighted by molar-refractivity contribution is 7.85. The standard InChI is InChI=1S/C19H22N3OP/c1-4-20-19-18(15(2)21-22(19)3)24(23,16-11-7-5-8-12-16)17-13-9-6-10-14-17/h5-14,20H,4H2,1-3H3. The number of rotatable bonds is 5. The molecule has 4 nitrogen and oxygen atoms in total. The lowest BCUT2D eigenvalue weighted by Crippen LogP contribution is -2.28. The molecule has 0 unspecified atom stereocenters. The molecule has 0 atom stereocenters. The Labute approximate surface area is 142 Å². The second-order valence-electron chi connectivity index (χ2n) is 5.72. The Kier molecular flexibility index (Phi) is 4.59. The summed E-state index contributed by atoms with van der Waals surface area (Å²) in [5.41, 5.74) is 0.796. The van der Waals surface area contributed by atoms with E-state index >= 15 is 0 Å². The summed E-state index contributed by atoms with van der Waals surface area (Å²) in [5.74, 6) is 0.825. The van der Waals surface area contributed by atoms with Gasteiger partial charge >= 0.3 is 0 Å². The van der Waals surface area contributed by atoms with Gasteiger partial charge in [-0.2, -0.15) is 5.10 Å². The van der Waals surface area contributed by atoms with E-state index in [-0.39, 0.29) is 0 Å². The Morgan fingerprint density at radius 1 is 1.00 bits per heavy atom. The minimum atomic E-state index is -3.01. The Morgan fingerprint density at radius 3 is 1.96 bits per heavy atom. The van der Waals surface area contributed by atoms with E-state index in [0.29, 0.717) is 0 Å². The lowest BCUT2D eigenvalue weighted by molar-refractivity contribution is 0.592. The average molecular weight is 339 g/mol. The minimum absolute atomic E-state index is 0.746. The predicted molar refractivity (Wildman–Crippen MR) is 102 cm³/mol. The number of hydrogen-bond acceptors (Lipinski definition) is 3. The van der Waals surface area contributed by atoms with Crippen LogP contribution in [0.5, 0.6) is 0 Å². The molecule has 1 heterocycles. The van der Waals surface area contributed by atoms with Crippen molar-refractivity contribution in [1.29, 1.82) is 0 Å². The van der Waals surface area contributed by atoms with Gasteiger partial charge < -0.3 is 9.88 Å². The molecule has 0 amide bonds. The van der Waals surface area contributed by atoms with Crippen molar-refractivity contribution in [2.75, 3.05) is 11.9 Å². The van der Waals surface area contributed by atoms with Crippen molar-refractivity contribution in [3.05, 3.63) is 66.4 Å². The molecule has 124 valence electrons. The van der Waals surface area contributed by atoms with Crippen molar-refractivity contribution in [2.45, 2.75) is 13.8 Å². The van der Waals surface area contributed by atoms with Crippen LogP contribution in [0.15, 0.2) is 60.7 Å². The third kappa shape index (κ3) is 2.67.